The topological polar surface area (TPSA) is 94.0 Å². The van der Waals surface area contributed by atoms with Gasteiger partial charge < -0.3 is 15.6 Å². The molecule has 1 unspecified atom stereocenters. The predicted molar refractivity (Wildman–Crippen MR) is 58.9 cm³/mol. The lowest BCUT2D eigenvalue weighted by Crippen LogP contribution is -2.24. The number of carbonyl (C=O) groups is 1. The number of aromatic nitrogens is 2. The lowest BCUT2D eigenvalue weighted by Gasteiger charge is -2.13. The van der Waals surface area contributed by atoms with E-state index in [-0.39, 0.29) is 17.6 Å². The largest absolute Gasteiger partial charge is 0.349 e. The van der Waals surface area contributed by atoms with Gasteiger partial charge in [0, 0.05) is 13.1 Å². The van der Waals surface area contributed by atoms with Gasteiger partial charge in [-0.2, -0.15) is 4.98 Å². The highest BCUT2D eigenvalue weighted by Gasteiger charge is 2.22. The van der Waals surface area contributed by atoms with Gasteiger partial charge >= 0.3 is 0 Å². The Morgan fingerprint density at radius 1 is 1.56 bits per heavy atom. The Hall–Kier alpha value is -1.43. The predicted octanol–water partition coefficient (Wildman–Crippen LogP) is 0.518. The molecule has 0 aliphatic rings. The molecule has 0 aliphatic carbocycles. The number of carbonyl (C=O) groups excluding carboxylic acids is 1. The van der Waals surface area contributed by atoms with Gasteiger partial charge in [-0.1, -0.05) is 19.0 Å². The van der Waals surface area contributed by atoms with Gasteiger partial charge in [0.25, 0.3) is 11.7 Å². The first kappa shape index (κ1) is 12.6. The lowest BCUT2D eigenvalue weighted by molar-refractivity contribution is 0.0942. The first-order chi connectivity index (χ1) is 7.60. The second-order valence-corrected chi connectivity index (χ2v) is 3.90. The first-order valence-corrected chi connectivity index (χ1v) is 5.42. The van der Waals surface area contributed by atoms with E-state index in [0.717, 1.165) is 0 Å². The van der Waals surface area contributed by atoms with Crippen LogP contribution in [0.2, 0.25) is 0 Å². The normalized spacial score (nSPS) is 12.8. The summed E-state index contributed by atoms with van der Waals surface area (Å²) in [6, 6.07) is 0. The van der Waals surface area contributed by atoms with Gasteiger partial charge in [0.15, 0.2) is 0 Å². The zero-order valence-corrected chi connectivity index (χ0v) is 9.86. The molecule has 1 aromatic rings. The van der Waals surface area contributed by atoms with Crippen LogP contribution in [0.4, 0.5) is 0 Å². The van der Waals surface area contributed by atoms with Crippen molar-refractivity contribution < 1.29 is 9.32 Å². The summed E-state index contributed by atoms with van der Waals surface area (Å²) in [5.74, 6) is 0.468. The molecule has 0 saturated carbocycles. The molecular weight excluding hydrogens is 208 g/mol. The van der Waals surface area contributed by atoms with Crippen molar-refractivity contribution in [3.63, 3.8) is 0 Å². The van der Waals surface area contributed by atoms with E-state index in [1.807, 2.05) is 20.8 Å². The Morgan fingerprint density at radius 2 is 2.25 bits per heavy atom. The molecule has 6 heteroatoms. The van der Waals surface area contributed by atoms with E-state index in [2.05, 4.69) is 15.5 Å². The van der Waals surface area contributed by atoms with E-state index in [1.54, 1.807) is 0 Å². The van der Waals surface area contributed by atoms with Gasteiger partial charge in [-0.15, -0.1) is 0 Å². The summed E-state index contributed by atoms with van der Waals surface area (Å²) in [7, 11) is 0. The molecular formula is C10H18N4O2. The van der Waals surface area contributed by atoms with Gasteiger partial charge in [0.2, 0.25) is 5.89 Å². The molecule has 1 rings (SSSR count). The number of hydrogen-bond donors (Lipinski definition) is 2. The Balaban J connectivity index is 2.81. The van der Waals surface area contributed by atoms with Crippen molar-refractivity contribution in [2.75, 3.05) is 13.1 Å². The van der Waals surface area contributed by atoms with Gasteiger partial charge in [-0.05, 0) is 12.8 Å². The zero-order chi connectivity index (χ0) is 12.1. The van der Waals surface area contributed by atoms with E-state index in [0.29, 0.717) is 24.9 Å². The Labute approximate surface area is 94.6 Å². The van der Waals surface area contributed by atoms with Crippen molar-refractivity contribution in [1.29, 1.82) is 0 Å². The maximum Gasteiger partial charge on any atom is 0.292 e. The monoisotopic (exact) mass is 226 g/mol. The van der Waals surface area contributed by atoms with Gasteiger partial charge in [-0.3, -0.25) is 4.79 Å². The van der Waals surface area contributed by atoms with Crippen LogP contribution in [-0.2, 0) is 0 Å². The third kappa shape index (κ3) is 2.79. The fourth-order valence-electron chi connectivity index (χ4n) is 1.38. The SMILES string of the molecule is CCNC(=O)c1noc(C(CN)C(C)C)n1. The minimum Gasteiger partial charge on any atom is -0.349 e. The molecule has 1 amide bonds. The van der Waals surface area contributed by atoms with E-state index in [4.69, 9.17) is 10.3 Å². The second kappa shape index (κ2) is 5.60. The average molecular weight is 226 g/mol. The summed E-state index contributed by atoms with van der Waals surface area (Å²) in [5, 5.41) is 6.24. The van der Waals surface area contributed by atoms with Crippen LogP contribution in [0, 0.1) is 5.92 Å². The number of rotatable bonds is 5. The maximum atomic E-state index is 11.4. The van der Waals surface area contributed by atoms with Crippen molar-refractivity contribution in [3.8, 4) is 0 Å². The molecule has 0 fully saturated rings. The van der Waals surface area contributed by atoms with Crippen LogP contribution in [0.1, 0.15) is 43.2 Å². The quantitative estimate of drug-likeness (QED) is 0.763. The zero-order valence-electron chi connectivity index (χ0n) is 9.86. The number of nitrogens with zero attached hydrogens (tertiary/aromatic N) is 2. The van der Waals surface area contributed by atoms with Crippen LogP contribution in [0.25, 0.3) is 0 Å². The number of amides is 1. The van der Waals surface area contributed by atoms with Crippen molar-refractivity contribution >= 4 is 5.91 Å². The van der Waals surface area contributed by atoms with Crippen molar-refractivity contribution in [3.05, 3.63) is 11.7 Å². The summed E-state index contributed by atoms with van der Waals surface area (Å²) in [6.07, 6.45) is 0. The summed E-state index contributed by atoms with van der Waals surface area (Å²) < 4.78 is 5.04. The van der Waals surface area contributed by atoms with E-state index >= 15 is 0 Å². The maximum absolute atomic E-state index is 11.4. The van der Waals surface area contributed by atoms with Crippen molar-refractivity contribution in [2.45, 2.75) is 26.7 Å². The molecule has 0 aliphatic heterocycles. The Bertz CT molecular complexity index is 348. The van der Waals surface area contributed by atoms with Crippen LogP contribution in [0.5, 0.6) is 0 Å². The molecule has 6 nitrogen and oxygen atoms in total. The average Bonchev–Trinajstić information content (AvgIpc) is 2.68. The highest BCUT2D eigenvalue weighted by molar-refractivity contribution is 5.90. The standard InChI is InChI=1S/C10H18N4O2/c1-4-12-9(15)8-13-10(16-14-8)7(5-11)6(2)3/h6-7H,4-5,11H2,1-3H3,(H,12,15). The molecule has 1 aromatic heterocycles. The molecule has 0 saturated heterocycles. The molecule has 90 valence electrons. The number of nitrogens with two attached hydrogens (primary N) is 1. The fraction of sp³-hybridized carbons (Fsp3) is 0.700. The second-order valence-electron chi connectivity index (χ2n) is 3.90. The van der Waals surface area contributed by atoms with Crippen LogP contribution < -0.4 is 11.1 Å². The summed E-state index contributed by atoms with van der Waals surface area (Å²) in [4.78, 5) is 15.5. The van der Waals surface area contributed by atoms with Crippen molar-refractivity contribution in [1.82, 2.24) is 15.5 Å². The molecule has 0 radical (unpaired) electrons. The molecule has 1 atom stereocenters. The minimum absolute atomic E-state index is 0.00400. The Morgan fingerprint density at radius 3 is 2.75 bits per heavy atom. The highest BCUT2D eigenvalue weighted by Crippen LogP contribution is 2.21. The summed E-state index contributed by atoms with van der Waals surface area (Å²) in [6.45, 7) is 6.83. The molecule has 1 heterocycles. The summed E-state index contributed by atoms with van der Waals surface area (Å²) in [5.41, 5.74) is 5.62. The fourth-order valence-corrected chi connectivity index (χ4v) is 1.38. The molecule has 0 bridgehead atoms. The van der Waals surface area contributed by atoms with Crippen molar-refractivity contribution in [2.24, 2.45) is 11.7 Å². The number of nitrogens with one attached hydrogen (secondary N) is 1. The highest BCUT2D eigenvalue weighted by atomic mass is 16.5. The van der Waals surface area contributed by atoms with Gasteiger partial charge in [-0.25, -0.2) is 0 Å². The third-order valence-electron chi connectivity index (χ3n) is 2.36. The smallest absolute Gasteiger partial charge is 0.292 e. The third-order valence-corrected chi connectivity index (χ3v) is 2.36. The van der Waals surface area contributed by atoms with Crippen LogP contribution in [-0.4, -0.2) is 29.1 Å². The van der Waals surface area contributed by atoms with E-state index in [9.17, 15) is 4.79 Å². The van der Waals surface area contributed by atoms with E-state index < -0.39 is 0 Å². The molecule has 3 N–H and O–H groups in total. The molecule has 0 aromatic carbocycles. The van der Waals surface area contributed by atoms with Gasteiger partial charge in [0.05, 0.1) is 5.92 Å². The minimum atomic E-state index is -0.322. The first-order valence-electron chi connectivity index (χ1n) is 5.42. The van der Waals surface area contributed by atoms with Crippen LogP contribution in [0.15, 0.2) is 4.52 Å². The van der Waals surface area contributed by atoms with Crippen LogP contribution >= 0.6 is 0 Å². The molecule has 0 spiro atoms. The number of hydrogen-bond acceptors (Lipinski definition) is 5. The van der Waals surface area contributed by atoms with Gasteiger partial charge in [0.1, 0.15) is 0 Å². The van der Waals surface area contributed by atoms with E-state index in [1.165, 1.54) is 0 Å². The summed E-state index contributed by atoms with van der Waals surface area (Å²) >= 11 is 0. The molecule has 16 heavy (non-hydrogen) atoms. The Kier molecular flexibility index (Phi) is 4.42. The van der Waals surface area contributed by atoms with Crippen LogP contribution in [0.3, 0.4) is 0 Å². The lowest BCUT2D eigenvalue weighted by atomic mass is 9.96.